The van der Waals surface area contributed by atoms with E-state index in [1.165, 1.54) is 18.2 Å². The third-order valence-corrected chi connectivity index (χ3v) is 7.59. The molecule has 3 aliphatic rings. The van der Waals surface area contributed by atoms with E-state index in [1.807, 2.05) is 36.4 Å². The van der Waals surface area contributed by atoms with Crippen molar-refractivity contribution in [2.75, 3.05) is 26.2 Å². The first-order valence-electron chi connectivity index (χ1n) is 13.1. The molecule has 6 rings (SSSR count). The van der Waals surface area contributed by atoms with Crippen molar-refractivity contribution in [1.29, 1.82) is 0 Å². The van der Waals surface area contributed by atoms with E-state index in [2.05, 4.69) is 20.2 Å². The Balaban J connectivity index is 1.17. The number of nitrogens with one attached hydrogen (secondary N) is 1. The quantitative estimate of drug-likeness (QED) is 0.483. The highest BCUT2D eigenvalue weighted by Gasteiger charge is 2.45. The van der Waals surface area contributed by atoms with Crippen LogP contribution in [0.4, 0.5) is 0 Å². The number of nitrogens with zero attached hydrogens (tertiary/aromatic N) is 5. The van der Waals surface area contributed by atoms with Gasteiger partial charge in [-0.3, -0.25) is 49.1 Å². The van der Waals surface area contributed by atoms with Gasteiger partial charge in [0.05, 0.1) is 28.6 Å². The van der Waals surface area contributed by atoms with Crippen LogP contribution in [0, 0.1) is 0 Å². The molecule has 202 valence electrons. The number of piperidine rings is 1. The zero-order valence-corrected chi connectivity index (χ0v) is 21.5. The van der Waals surface area contributed by atoms with E-state index in [9.17, 15) is 24.0 Å². The molecule has 1 aromatic carbocycles. The van der Waals surface area contributed by atoms with Crippen LogP contribution in [0.5, 0.6) is 0 Å². The van der Waals surface area contributed by atoms with Gasteiger partial charge in [-0.25, -0.2) is 0 Å². The summed E-state index contributed by atoms with van der Waals surface area (Å²) in [6.45, 7) is 2.10. The van der Waals surface area contributed by atoms with Crippen molar-refractivity contribution in [2.24, 2.45) is 0 Å². The van der Waals surface area contributed by atoms with Crippen molar-refractivity contribution in [3.05, 3.63) is 95.1 Å². The predicted molar refractivity (Wildman–Crippen MR) is 141 cm³/mol. The summed E-state index contributed by atoms with van der Waals surface area (Å²) in [6, 6.07) is 14.8. The lowest BCUT2D eigenvalue weighted by atomic mass is 10.0. The van der Waals surface area contributed by atoms with E-state index < -0.39 is 29.7 Å². The molecule has 5 heterocycles. The molecule has 2 saturated heterocycles. The number of hydrogen-bond donors (Lipinski definition) is 1. The lowest BCUT2D eigenvalue weighted by molar-refractivity contribution is -0.136. The molecular weight excluding hydrogens is 512 g/mol. The molecule has 2 fully saturated rings. The average Bonchev–Trinajstić information content (AvgIpc) is 3.23. The average molecular weight is 539 g/mol. The molecule has 0 aliphatic carbocycles. The van der Waals surface area contributed by atoms with Crippen LogP contribution >= 0.6 is 0 Å². The second-order valence-electron chi connectivity index (χ2n) is 9.95. The molecule has 2 aromatic heterocycles. The molecule has 0 radical (unpaired) electrons. The Hall–Kier alpha value is -4.77. The number of fused-ring (bicyclic) bond motifs is 1. The lowest BCUT2D eigenvalue weighted by Crippen LogP contribution is -2.54. The summed E-state index contributed by atoms with van der Waals surface area (Å²) in [7, 11) is 0. The maximum absolute atomic E-state index is 13.4. The molecule has 3 aliphatic heterocycles. The Morgan fingerprint density at radius 3 is 2.08 bits per heavy atom. The Morgan fingerprint density at radius 2 is 1.48 bits per heavy atom. The maximum atomic E-state index is 13.4. The van der Waals surface area contributed by atoms with Crippen LogP contribution < -0.4 is 5.32 Å². The molecule has 1 unspecified atom stereocenters. The highest BCUT2D eigenvalue weighted by molar-refractivity contribution is 6.24. The summed E-state index contributed by atoms with van der Waals surface area (Å²) in [5.74, 6) is -2.58. The molecule has 40 heavy (non-hydrogen) atoms. The van der Waals surface area contributed by atoms with E-state index in [-0.39, 0.29) is 35.9 Å². The summed E-state index contributed by atoms with van der Waals surface area (Å²) in [5.41, 5.74) is 2.28. The van der Waals surface area contributed by atoms with Gasteiger partial charge in [0.15, 0.2) is 0 Å². The first-order chi connectivity index (χ1) is 19.4. The Kier molecular flexibility index (Phi) is 6.64. The number of hydrogen-bond acceptors (Lipinski definition) is 8. The first kappa shape index (κ1) is 25.5. The van der Waals surface area contributed by atoms with Gasteiger partial charge in [0, 0.05) is 50.6 Å². The van der Waals surface area contributed by atoms with Crippen LogP contribution in [-0.4, -0.2) is 86.4 Å². The topological polar surface area (TPSA) is 133 Å². The van der Waals surface area contributed by atoms with Gasteiger partial charge in [0.2, 0.25) is 11.8 Å². The fourth-order valence-corrected chi connectivity index (χ4v) is 5.57. The normalized spacial score (nSPS) is 19.7. The van der Waals surface area contributed by atoms with Gasteiger partial charge in [-0.15, -0.1) is 0 Å². The fourth-order valence-electron chi connectivity index (χ4n) is 5.57. The largest absolute Gasteiger partial charge is 0.336 e. The minimum Gasteiger partial charge on any atom is -0.336 e. The van der Waals surface area contributed by atoms with Crippen molar-refractivity contribution < 1.29 is 24.0 Å². The molecule has 11 heteroatoms. The predicted octanol–water partition coefficient (Wildman–Crippen LogP) is 1.43. The van der Waals surface area contributed by atoms with Crippen LogP contribution in [0.1, 0.15) is 61.3 Å². The first-order valence-corrected chi connectivity index (χ1v) is 13.1. The van der Waals surface area contributed by atoms with Gasteiger partial charge < -0.3 is 4.90 Å². The number of aromatic nitrogens is 2. The van der Waals surface area contributed by atoms with Gasteiger partial charge in [-0.2, -0.15) is 0 Å². The second kappa shape index (κ2) is 10.4. The summed E-state index contributed by atoms with van der Waals surface area (Å²) in [4.78, 5) is 77.4. The zero-order chi connectivity index (χ0) is 27.8. The number of piperazine rings is 1. The van der Waals surface area contributed by atoms with Crippen molar-refractivity contribution >= 4 is 29.5 Å². The Labute approximate surface area is 229 Å². The molecule has 11 nitrogen and oxygen atoms in total. The van der Waals surface area contributed by atoms with Crippen LogP contribution in [0.25, 0.3) is 0 Å². The number of amides is 5. The standard InChI is InChI=1S/C29H26N6O5/c36-24-10-9-23(26(37)32-24)35-28(39)19-8-7-18(17-20(19)29(35)40)27(38)34-15-13-33(14-16-34)25(21-5-1-3-11-30-21)22-6-2-4-12-31-22/h1-8,11-12,17,23,25H,9-10,13-16H2,(H,32,36,37). The third-order valence-electron chi connectivity index (χ3n) is 7.59. The minimum absolute atomic E-state index is 0.0427. The smallest absolute Gasteiger partial charge is 0.262 e. The van der Waals surface area contributed by atoms with Crippen molar-refractivity contribution in [1.82, 2.24) is 30.0 Å². The number of rotatable bonds is 5. The summed E-state index contributed by atoms with van der Waals surface area (Å²) in [6.07, 6.45) is 3.63. The third kappa shape index (κ3) is 4.54. The van der Waals surface area contributed by atoms with Crippen molar-refractivity contribution in [2.45, 2.75) is 24.9 Å². The maximum Gasteiger partial charge on any atom is 0.262 e. The number of carbonyl (C=O) groups is 5. The number of imide groups is 2. The molecule has 1 atom stereocenters. The summed E-state index contributed by atoms with van der Waals surface area (Å²) < 4.78 is 0. The van der Waals surface area contributed by atoms with Crippen molar-refractivity contribution in [3.8, 4) is 0 Å². The highest BCUT2D eigenvalue weighted by Crippen LogP contribution is 2.30. The molecule has 5 amide bonds. The van der Waals surface area contributed by atoms with Gasteiger partial charge in [-0.05, 0) is 48.9 Å². The van der Waals surface area contributed by atoms with Crippen LogP contribution in [0.3, 0.4) is 0 Å². The van der Waals surface area contributed by atoms with E-state index in [1.54, 1.807) is 17.3 Å². The molecule has 0 saturated carbocycles. The van der Waals surface area contributed by atoms with Crippen molar-refractivity contribution in [3.63, 3.8) is 0 Å². The van der Waals surface area contributed by atoms with E-state index in [4.69, 9.17) is 0 Å². The Morgan fingerprint density at radius 1 is 0.825 bits per heavy atom. The molecule has 0 bridgehead atoms. The Bertz CT molecular complexity index is 1460. The van der Waals surface area contributed by atoms with Gasteiger partial charge in [0.25, 0.3) is 17.7 Å². The number of benzene rings is 1. The number of pyridine rings is 2. The fraction of sp³-hybridized carbons (Fsp3) is 0.276. The number of carbonyl (C=O) groups excluding carboxylic acids is 5. The van der Waals surface area contributed by atoms with Crippen LogP contribution in [0.15, 0.2) is 67.0 Å². The lowest BCUT2D eigenvalue weighted by Gasteiger charge is -2.39. The van der Waals surface area contributed by atoms with Gasteiger partial charge >= 0.3 is 0 Å². The summed E-state index contributed by atoms with van der Waals surface area (Å²) in [5, 5.41) is 2.18. The molecule has 1 N–H and O–H groups in total. The van der Waals surface area contributed by atoms with Gasteiger partial charge in [-0.1, -0.05) is 12.1 Å². The van der Waals surface area contributed by atoms with Crippen LogP contribution in [0.2, 0.25) is 0 Å². The SMILES string of the molecule is O=C1CCC(N2C(=O)c3ccc(C(=O)N4CCN(C(c5ccccn5)c5ccccn5)CC4)cc3C2=O)C(=O)N1. The molecular formula is C29H26N6O5. The van der Waals surface area contributed by atoms with E-state index in [0.717, 1.165) is 16.3 Å². The molecule has 0 spiro atoms. The molecule has 3 aromatic rings. The second-order valence-corrected chi connectivity index (χ2v) is 9.95. The highest BCUT2D eigenvalue weighted by atomic mass is 16.2. The minimum atomic E-state index is -1.05. The van der Waals surface area contributed by atoms with E-state index >= 15 is 0 Å². The zero-order valence-electron chi connectivity index (χ0n) is 21.5. The summed E-state index contributed by atoms with van der Waals surface area (Å²) >= 11 is 0. The van der Waals surface area contributed by atoms with Crippen LogP contribution in [-0.2, 0) is 9.59 Å². The monoisotopic (exact) mass is 538 g/mol. The van der Waals surface area contributed by atoms with Gasteiger partial charge in [0.1, 0.15) is 6.04 Å². The van der Waals surface area contributed by atoms with E-state index in [0.29, 0.717) is 31.7 Å².